The third-order valence-electron chi connectivity index (χ3n) is 3.96. The quantitative estimate of drug-likeness (QED) is 0.897. The molecule has 5 nitrogen and oxygen atoms in total. The maximum absolute atomic E-state index is 12.9. The van der Waals surface area contributed by atoms with E-state index in [-0.39, 0.29) is 17.5 Å². The van der Waals surface area contributed by atoms with Crippen LogP contribution >= 0.6 is 0 Å². The predicted octanol–water partition coefficient (Wildman–Crippen LogP) is 1.65. The molecule has 1 aliphatic heterocycles. The number of rotatable bonds is 5. The summed E-state index contributed by atoms with van der Waals surface area (Å²) in [7, 11) is -1.99. The Morgan fingerprint density at radius 2 is 2.10 bits per heavy atom. The van der Waals surface area contributed by atoms with Crippen molar-refractivity contribution in [1.82, 2.24) is 4.31 Å². The van der Waals surface area contributed by atoms with Crippen molar-refractivity contribution in [2.45, 2.75) is 37.6 Å². The highest BCUT2D eigenvalue weighted by Gasteiger charge is 2.37. The number of nitrogens with zero attached hydrogens (tertiary/aromatic N) is 1. The van der Waals surface area contributed by atoms with E-state index in [4.69, 9.17) is 4.74 Å². The van der Waals surface area contributed by atoms with E-state index in [1.807, 2.05) is 6.92 Å². The molecule has 1 fully saturated rings. The van der Waals surface area contributed by atoms with E-state index >= 15 is 0 Å². The Morgan fingerprint density at radius 1 is 1.38 bits per heavy atom. The molecule has 2 atom stereocenters. The number of hydrogen-bond donors (Lipinski definition) is 1. The molecule has 1 heterocycles. The van der Waals surface area contributed by atoms with E-state index < -0.39 is 10.0 Å². The van der Waals surface area contributed by atoms with Crippen LogP contribution in [0.5, 0.6) is 5.75 Å². The second-order valence-corrected chi connectivity index (χ2v) is 7.57. The number of aliphatic hydroxyl groups is 1. The fourth-order valence-electron chi connectivity index (χ4n) is 2.97. The molecule has 1 N–H and O–H groups in total. The van der Waals surface area contributed by atoms with Crippen LogP contribution in [0.2, 0.25) is 0 Å². The molecule has 1 saturated heterocycles. The highest BCUT2D eigenvalue weighted by Crippen LogP contribution is 2.32. The van der Waals surface area contributed by atoms with Gasteiger partial charge in [-0.25, -0.2) is 8.42 Å². The van der Waals surface area contributed by atoms with E-state index in [1.54, 1.807) is 22.5 Å². The highest BCUT2D eigenvalue weighted by atomic mass is 32.2. The molecule has 2 rings (SSSR count). The number of sulfonamides is 1. The summed E-state index contributed by atoms with van der Waals surface area (Å²) in [5, 5.41) is 9.18. The Kier molecular flexibility index (Phi) is 4.91. The summed E-state index contributed by atoms with van der Waals surface area (Å²) in [6, 6.07) is 4.93. The van der Waals surface area contributed by atoms with Gasteiger partial charge in [0, 0.05) is 19.2 Å². The zero-order chi connectivity index (χ0) is 15.6. The number of aliphatic hydroxyl groups excluding tert-OH is 1. The van der Waals surface area contributed by atoms with Crippen LogP contribution in [0.25, 0.3) is 0 Å². The molecule has 1 aromatic rings. The topological polar surface area (TPSA) is 66.8 Å². The lowest BCUT2D eigenvalue weighted by atomic mass is 10.1. The zero-order valence-corrected chi connectivity index (χ0v) is 13.6. The van der Waals surface area contributed by atoms with Crippen LogP contribution in [0.1, 0.15) is 25.8 Å². The monoisotopic (exact) mass is 313 g/mol. The summed E-state index contributed by atoms with van der Waals surface area (Å²) in [6.07, 6.45) is 1.17. The van der Waals surface area contributed by atoms with Gasteiger partial charge in [-0.05, 0) is 49.4 Å². The molecular weight excluding hydrogens is 290 g/mol. The molecule has 0 spiro atoms. The second-order valence-electron chi connectivity index (χ2n) is 5.71. The number of hydrogen-bond acceptors (Lipinski definition) is 4. The summed E-state index contributed by atoms with van der Waals surface area (Å²) >= 11 is 0. The minimum absolute atomic E-state index is 0.00841. The molecule has 21 heavy (non-hydrogen) atoms. The van der Waals surface area contributed by atoms with Crippen LogP contribution in [-0.2, 0) is 16.4 Å². The van der Waals surface area contributed by atoms with E-state index in [0.717, 1.165) is 6.42 Å². The molecule has 1 aliphatic rings. The van der Waals surface area contributed by atoms with Gasteiger partial charge in [-0.15, -0.1) is 0 Å². The second kappa shape index (κ2) is 6.34. The lowest BCUT2D eigenvalue weighted by Crippen LogP contribution is -2.34. The Hall–Kier alpha value is -1.11. The van der Waals surface area contributed by atoms with Crippen LogP contribution in [0.4, 0.5) is 0 Å². The van der Waals surface area contributed by atoms with Crippen LogP contribution in [0.3, 0.4) is 0 Å². The summed E-state index contributed by atoms with van der Waals surface area (Å²) in [5.41, 5.74) is 0.601. The molecule has 2 unspecified atom stereocenters. The standard InChI is InChI=1S/C15H23NO4S/c1-11-8-12(2)16(10-11)21(18,19)15-5-4-14(20-3)9-13(15)6-7-17/h4-5,9,11-12,17H,6-8,10H2,1-3H3. The molecule has 6 heteroatoms. The molecule has 118 valence electrons. The Balaban J connectivity index is 2.44. The number of ether oxygens (including phenoxy) is 1. The molecule has 1 aromatic carbocycles. The molecule has 0 bridgehead atoms. The lowest BCUT2D eigenvalue weighted by molar-refractivity contribution is 0.298. The van der Waals surface area contributed by atoms with Crippen molar-refractivity contribution in [2.24, 2.45) is 5.92 Å². The van der Waals surface area contributed by atoms with Crippen molar-refractivity contribution >= 4 is 10.0 Å². The summed E-state index contributed by atoms with van der Waals surface area (Å²) < 4.78 is 32.5. The molecule has 0 saturated carbocycles. The highest BCUT2D eigenvalue weighted by molar-refractivity contribution is 7.89. The van der Waals surface area contributed by atoms with Crippen LogP contribution < -0.4 is 4.74 Å². The Bertz CT molecular complexity index is 600. The van der Waals surface area contributed by atoms with Gasteiger partial charge in [0.2, 0.25) is 10.0 Å². The van der Waals surface area contributed by atoms with E-state index in [0.29, 0.717) is 30.2 Å². The van der Waals surface area contributed by atoms with E-state index in [1.165, 1.54) is 7.11 Å². The van der Waals surface area contributed by atoms with Crippen molar-refractivity contribution in [3.05, 3.63) is 23.8 Å². The zero-order valence-electron chi connectivity index (χ0n) is 12.7. The van der Waals surface area contributed by atoms with E-state index in [2.05, 4.69) is 6.92 Å². The van der Waals surface area contributed by atoms with Gasteiger partial charge in [0.05, 0.1) is 12.0 Å². The first-order valence-electron chi connectivity index (χ1n) is 7.19. The maximum atomic E-state index is 12.9. The van der Waals surface area contributed by atoms with Gasteiger partial charge in [-0.2, -0.15) is 4.31 Å². The smallest absolute Gasteiger partial charge is 0.243 e. The van der Waals surface area contributed by atoms with Crippen LogP contribution in [0, 0.1) is 5.92 Å². The maximum Gasteiger partial charge on any atom is 0.243 e. The van der Waals surface area contributed by atoms with Gasteiger partial charge in [0.1, 0.15) is 5.75 Å². The number of benzene rings is 1. The summed E-state index contributed by atoms with van der Waals surface area (Å²) in [6.45, 7) is 4.46. The van der Waals surface area contributed by atoms with Crippen molar-refractivity contribution in [3.63, 3.8) is 0 Å². The molecule has 0 radical (unpaired) electrons. The van der Waals surface area contributed by atoms with E-state index in [9.17, 15) is 13.5 Å². The third kappa shape index (κ3) is 3.22. The third-order valence-corrected chi connectivity index (χ3v) is 6.04. The normalized spacial score (nSPS) is 23.4. The summed E-state index contributed by atoms with van der Waals surface area (Å²) in [4.78, 5) is 0.276. The van der Waals surface area contributed by atoms with Crippen molar-refractivity contribution in [2.75, 3.05) is 20.3 Å². The number of methoxy groups -OCH3 is 1. The molecule has 0 aliphatic carbocycles. The first kappa shape index (κ1) is 16.3. The predicted molar refractivity (Wildman–Crippen MR) is 80.9 cm³/mol. The lowest BCUT2D eigenvalue weighted by Gasteiger charge is -2.23. The fourth-order valence-corrected chi connectivity index (χ4v) is 4.97. The largest absolute Gasteiger partial charge is 0.497 e. The van der Waals surface area contributed by atoms with Crippen molar-refractivity contribution in [1.29, 1.82) is 0 Å². The summed E-state index contributed by atoms with van der Waals surface area (Å²) in [5.74, 6) is 0.967. The van der Waals surface area contributed by atoms with Crippen molar-refractivity contribution < 1.29 is 18.3 Å². The van der Waals surface area contributed by atoms with Gasteiger partial charge in [0.15, 0.2) is 0 Å². The minimum atomic E-state index is -3.53. The average Bonchev–Trinajstić information content (AvgIpc) is 2.78. The Labute approximate surface area is 126 Å². The SMILES string of the molecule is COc1ccc(S(=O)(=O)N2CC(C)CC2C)c(CCO)c1. The van der Waals surface area contributed by atoms with Gasteiger partial charge in [-0.3, -0.25) is 0 Å². The van der Waals surface area contributed by atoms with Crippen molar-refractivity contribution in [3.8, 4) is 5.75 Å². The first-order valence-corrected chi connectivity index (χ1v) is 8.63. The fraction of sp³-hybridized carbons (Fsp3) is 0.600. The van der Waals surface area contributed by atoms with Crippen LogP contribution in [0.15, 0.2) is 23.1 Å². The molecular formula is C15H23NO4S. The van der Waals surface area contributed by atoms with Gasteiger partial charge >= 0.3 is 0 Å². The Morgan fingerprint density at radius 3 is 2.62 bits per heavy atom. The van der Waals surface area contributed by atoms with Gasteiger partial charge < -0.3 is 9.84 Å². The minimum Gasteiger partial charge on any atom is -0.497 e. The molecule has 0 aromatic heterocycles. The first-order chi connectivity index (χ1) is 9.90. The van der Waals surface area contributed by atoms with Crippen LogP contribution in [-0.4, -0.2) is 44.1 Å². The average molecular weight is 313 g/mol. The van der Waals surface area contributed by atoms with Gasteiger partial charge in [0.25, 0.3) is 0 Å². The molecule has 0 amide bonds. The van der Waals surface area contributed by atoms with Gasteiger partial charge in [-0.1, -0.05) is 6.92 Å².